The number of carbonyl (C=O) groups is 1. The summed E-state index contributed by atoms with van der Waals surface area (Å²) in [6.07, 6.45) is 3.25. The highest BCUT2D eigenvalue weighted by Crippen LogP contribution is 2.32. The second kappa shape index (κ2) is 6.75. The molecule has 1 fully saturated rings. The van der Waals surface area contributed by atoms with Crippen molar-refractivity contribution < 1.29 is 14.6 Å². The van der Waals surface area contributed by atoms with Crippen molar-refractivity contribution in [2.45, 2.75) is 5.92 Å². The van der Waals surface area contributed by atoms with E-state index in [1.165, 1.54) is 13.3 Å². The lowest BCUT2D eigenvalue weighted by Crippen LogP contribution is -2.29. The van der Waals surface area contributed by atoms with Crippen LogP contribution in [-0.4, -0.2) is 52.7 Å². The van der Waals surface area contributed by atoms with Crippen LogP contribution in [0.25, 0.3) is 0 Å². The van der Waals surface area contributed by atoms with Gasteiger partial charge in [0.2, 0.25) is 5.88 Å². The highest BCUT2D eigenvalue weighted by atomic mass is 16.5. The van der Waals surface area contributed by atoms with Crippen LogP contribution in [0.4, 0.5) is 0 Å². The maximum Gasteiger partial charge on any atom is 0.255 e. The first kappa shape index (κ1) is 15.4. The number of carbonyl (C=O) groups excluding carboxylic acids is 1. The molecule has 0 unspecified atom stereocenters. The van der Waals surface area contributed by atoms with Crippen LogP contribution < -0.4 is 4.74 Å². The standard InChI is InChI=1S/C17H19N3O3/c1-23-16-6-5-12(8-19-16)17(22)20-9-13(11-21)14(10-20)15-4-2-3-7-18-15/h2-8,13-14,21H,9-11H2,1H3/t13-,14+/m0/s1. The minimum Gasteiger partial charge on any atom is -0.481 e. The summed E-state index contributed by atoms with van der Waals surface area (Å²) in [6.45, 7) is 1.10. The van der Waals surface area contributed by atoms with Gasteiger partial charge in [0, 0.05) is 55.7 Å². The Morgan fingerprint density at radius 3 is 2.78 bits per heavy atom. The maximum absolute atomic E-state index is 12.6. The third-order valence-corrected chi connectivity index (χ3v) is 4.22. The van der Waals surface area contributed by atoms with Crippen molar-refractivity contribution in [2.24, 2.45) is 5.92 Å². The van der Waals surface area contributed by atoms with E-state index in [9.17, 15) is 9.90 Å². The fourth-order valence-corrected chi connectivity index (χ4v) is 2.96. The van der Waals surface area contributed by atoms with Crippen molar-refractivity contribution >= 4 is 5.91 Å². The molecule has 6 heteroatoms. The second-order valence-electron chi connectivity index (χ2n) is 5.60. The van der Waals surface area contributed by atoms with Crippen molar-refractivity contribution in [3.63, 3.8) is 0 Å². The summed E-state index contributed by atoms with van der Waals surface area (Å²) in [4.78, 5) is 22.8. The monoisotopic (exact) mass is 313 g/mol. The number of hydrogen-bond acceptors (Lipinski definition) is 5. The van der Waals surface area contributed by atoms with Crippen molar-refractivity contribution in [3.05, 3.63) is 54.0 Å². The highest BCUT2D eigenvalue weighted by molar-refractivity contribution is 5.94. The van der Waals surface area contributed by atoms with Gasteiger partial charge in [-0.05, 0) is 18.2 Å². The van der Waals surface area contributed by atoms with E-state index in [0.29, 0.717) is 24.5 Å². The van der Waals surface area contributed by atoms with E-state index in [2.05, 4.69) is 9.97 Å². The molecule has 120 valence electrons. The van der Waals surface area contributed by atoms with Gasteiger partial charge in [-0.25, -0.2) is 4.98 Å². The predicted molar refractivity (Wildman–Crippen MR) is 84.2 cm³/mol. The van der Waals surface area contributed by atoms with Crippen LogP contribution in [0.5, 0.6) is 5.88 Å². The Labute approximate surface area is 134 Å². The van der Waals surface area contributed by atoms with Crippen LogP contribution in [0.3, 0.4) is 0 Å². The summed E-state index contributed by atoms with van der Waals surface area (Å²) >= 11 is 0. The van der Waals surface area contributed by atoms with Crippen LogP contribution in [-0.2, 0) is 0 Å². The van der Waals surface area contributed by atoms with Gasteiger partial charge in [0.25, 0.3) is 5.91 Å². The maximum atomic E-state index is 12.6. The Hall–Kier alpha value is -2.47. The third-order valence-electron chi connectivity index (χ3n) is 4.22. The fourth-order valence-electron chi connectivity index (χ4n) is 2.96. The number of aromatic nitrogens is 2. The molecular formula is C17H19N3O3. The Balaban J connectivity index is 1.77. The van der Waals surface area contributed by atoms with Crippen LogP contribution >= 0.6 is 0 Å². The van der Waals surface area contributed by atoms with Gasteiger partial charge < -0.3 is 14.7 Å². The van der Waals surface area contributed by atoms with E-state index in [4.69, 9.17) is 4.74 Å². The summed E-state index contributed by atoms with van der Waals surface area (Å²) in [7, 11) is 1.54. The van der Waals surface area contributed by atoms with Gasteiger partial charge in [0.05, 0.1) is 12.7 Å². The van der Waals surface area contributed by atoms with Gasteiger partial charge in [0.1, 0.15) is 0 Å². The minimum absolute atomic E-state index is 0.0000533. The Morgan fingerprint density at radius 2 is 2.17 bits per heavy atom. The molecule has 0 aromatic carbocycles. The van der Waals surface area contributed by atoms with Crippen molar-refractivity contribution in [2.75, 3.05) is 26.8 Å². The lowest BCUT2D eigenvalue weighted by molar-refractivity contribution is 0.0781. The molecule has 2 aromatic heterocycles. The third kappa shape index (κ3) is 3.17. The fraction of sp³-hybridized carbons (Fsp3) is 0.353. The van der Waals surface area contributed by atoms with Crippen LogP contribution in [0.2, 0.25) is 0 Å². The van der Waals surface area contributed by atoms with E-state index in [1.807, 2.05) is 18.2 Å². The van der Waals surface area contributed by atoms with E-state index in [-0.39, 0.29) is 24.3 Å². The number of aliphatic hydroxyl groups excluding tert-OH is 1. The van der Waals surface area contributed by atoms with Gasteiger partial charge >= 0.3 is 0 Å². The van der Waals surface area contributed by atoms with E-state index >= 15 is 0 Å². The molecule has 0 aliphatic carbocycles. The number of nitrogens with zero attached hydrogens (tertiary/aromatic N) is 3. The molecule has 3 heterocycles. The summed E-state index contributed by atoms with van der Waals surface area (Å²) in [5, 5.41) is 9.64. The molecule has 0 saturated carbocycles. The molecule has 23 heavy (non-hydrogen) atoms. The van der Waals surface area contributed by atoms with Gasteiger partial charge in [-0.3, -0.25) is 9.78 Å². The van der Waals surface area contributed by atoms with Crippen LogP contribution in [0.1, 0.15) is 22.0 Å². The molecule has 2 atom stereocenters. The number of rotatable bonds is 4. The van der Waals surface area contributed by atoms with Gasteiger partial charge in [-0.15, -0.1) is 0 Å². The Morgan fingerprint density at radius 1 is 1.30 bits per heavy atom. The lowest BCUT2D eigenvalue weighted by atomic mass is 9.93. The molecular weight excluding hydrogens is 294 g/mol. The van der Waals surface area contributed by atoms with Crippen molar-refractivity contribution in [1.29, 1.82) is 0 Å². The summed E-state index contributed by atoms with van der Waals surface area (Å²) in [5.74, 6) is 0.441. The molecule has 0 radical (unpaired) electrons. The van der Waals surface area contributed by atoms with Gasteiger partial charge in [-0.2, -0.15) is 0 Å². The predicted octanol–water partition coefficient (Wildman–Crippen LogP) is 1.33. The first-order chi connectivity index (χ1) is 11.2. The average Bonchev–Trinajstić information content (AvgIpc) is 3.06. The first-order valence-corrected chi connectivity index (χ1v) is 7.54. The first-order valence-electron chi connectivity index (χ1n) is 7.54. The minimum atomic E-state index is -0.0861. The Kier molecular flexibility index (Phi) is 4.52. The van der Waals surface area contributed by atoms with E-state index in [1.54, 1.807) is 23.2 Å². The second-order valence-corrected chi connectivity index (χ2v) is 5.60. The summed E-state index contributed by atoms with van der Waals surface area (Å²) in [6, 6.07) is 9.10. The zero-order valence-electron chi connectivity index (χ0n) is 12.9. The Bertz CT molecular complexity index is 661. The highest BCUT2D eigenvalue weighted by Gasteiger charge is 2.36. The molecule has 1 aliphatic rings. The number of likely N-dealkylation sites (tertiary alicyclic amines) is 1. The van der Waals surface area contributed by atoms with E-state index in [0.717, 1.165) is 5.69 Å². The number of ether oxygens (including phenoxy) is 1. The number of aliphatic hydroxyl groups is 1. The number of methoxy groups -OCH3 is 1. The smallest absolute Gasteiger partial charge is 0.255 e. The molecule has 6 nitrogen and oxygen atoms in total. The SMILES string of the molecule is COc1ccc(C(=O)N2C[C@@H](CO)[C@H](c3ccccn3)C2)cn1. The van der Waals surface area contributed by atoms with Gasteiger partial charge in [-0.1, -0.05) is 6.07 Å². The topological polar surface area (TPSA) is 75.5 Å². The quantitative estimate of drug-likeness (QED) is 0.922. The molecule has 1 aliphatic heterocycles. The molecule has 3 rings (SSSR count). The summed E-state index contributed by atoms with van der Waals surface area (Å²) < 4.78 is 5.01. The molecule has 1 N–H and O–H groups in total. The van der Waals surface area contributed by atoms with Gasteiger partial charge in [0.15, 0.2) is 0 Å². The molecule has 1 amide bonds. The van der Waals surface area contributed by atoms with Crippen molar-refractivity contribution in [1.82, 2.24) is 14.9 Å². The number of pyridine rings is 2. The molecule has 0 spiro atoms. The summed E-state index contributed by atoms with van der Waals surface area (Å²) in [5.41, 5.74) is 1.43. The molecule has 0 bridgehead atoms. The van der Waals surface area contributed by atoms with E-state index < -0.39 is 0 Å². The van der Waals surface area contributed by atoms with Crippen LogP contribution in [0, 0.1) is 5.92 Å². The zero-order valence-corrected chi connectivity index (χ0v) is 12.9. The zero-order chi connectivity index (χ0) is 16.2. The molecule has 2 aromatic rings. The molecule has 1 saturated heterocycles. The normalized spacial score (nSPS) is 20.5. The largest absolute Gasteiger partial charge is 0.481 e. The number of amides is 1. The average molecular weight is 313 g/mol. The van der Waals surface area contributed by atoms with Crippen molar-refractivity contribution in [3.8, 4) is 5.88 Å². The number of hydrogen-bond donors (Lipinski definition) is 1. The lowest BCUT2D eigenvalue weighted by Gasteiger charge is -2.16. The van der Waals surface area contributed by atoms with Crippen LogP contribution in [0.15, 0.2) is 42.7 Å².